The molecule has 1 aromatic rings. The number of carboxylic acid groups (broad SMARTS) is 1. The molecule has 0 bridgehead atoms. The van der Waals surface area contributed by atoms with Crippen LogP contribution in [0.3, 0.4) is 0 Å². The first-order chi connectivity index (χ1) is 16.5. The van der Waals surface area contributed by atoms with Crippen LogP contribution >= 0.6 is 0 Å². The highest BCUT2D eigenvalue weighted by molar-refractivity contribution is 5.94. The van der Waals surface area contributed by atoms with Crippen LogP contribution in [0.25, 0.3) is 0 Å². The predicted molar refractivity (Wildman–Crippen MR) is 126 cm³/mol. The van der Waals surface area contributed by atoms with Crippen molar-refractivity contribution < 1.29 is 39.3 Å². The fourth-order valence-corrected chi connectivity index (χ4v) is 3.24. The SMILES string of the molecule is C[C@H](O)C(=O)[C@H](C)NC(=O)[C@H](CCCCNC(=O)[C@@H](O)Cc1ccccc1)NC(=O)CCC(=O)O. The lowest BCUT2D eigenvalue weighted by molar-refractivity contribution is -0.139. The van der Waals surface area contributed by atoms with Crippen molar-refractivity contribution in [3.8, 4) is 0 Å². The van der Waals surface area contributed by atoms with Crippen molar-refractivity contribution in [3.63, 3.8) is 0 Å². The van der Waals surface area contributed by atoms with Gasteiger partial charge in [0.15, 0.2) is 5.78 Å². The van der Waals surface area contributed by atoms with Gasteiger partial charge in [-0.1, -0.05) is 30.3 Å². The first-order valence-electron chi connectivity index (χ1n) is 11.5. The molecule has 0 aliphatic heterocycles. The molecule has 4 atom stereocenters. The molecular formula is C24H35N3O8. The Hall–Kier alpha value is -3.31. The second-order valence-electron chi connectivity index (χ2n) is 8.31. The van der Waals surface area contributed by atoms with Gasteiger partial charge in [-0.3, -0.25) is 24.0 Å². The van der Waals surface area contributed by atoms with E-state index in [0.717, 1.165) is 5.56 Å². The van der Waals surface area contributed by atoms with E-state index < -0.39 is 60.2 Å². The van der Waals surface area contributed by atoms with E-state index in [9.17, 15) is 34.2 Å². The molecule has 0 spiro atoms. The number of amides is 3. The minimum atomic E-state index is -1.27. The van der Waals surface area contributed by atoms with Crippen LogP contribution in [0, 0.1) is 0 Å². The van der Waals surface area contributed by atoms with E-state index in [1.807, 2.05) is 30.3 Å². The van der Waals surface area contributed by atoms with E-state index in [1.54, 1.807) is 0 Å². The number of aliphatic hydroxyl groups is 2. The summed E-state index contributed by atoms with van der Waals surface area (Å²) in [6, 6.07) is 7.07. The maximum Gasteiger partial charge on any atom is 0.303 e. The summed E-state index contributed by atoms with van der Waals surface area (Å²) in [5, 5.41) is 35.7. The van der Waals surface area contributed by atoms with Gasteiger partial charge >= 0.3 is 5.97 Å². The van der Waals surface area contributed by atoms with Gasteiger partial charge in [0.25, 0.3) is 0 Å². The number of carbonyl (C=O) groups excluding carboxylic acids is 4. The van der Waals surface area contributed by atoms with Crippen LogP contribution in [-0.4, -0.2) is 75.6 Å². The second-order valence-corrected chi connectivity index (χ2v) is 8.31. The molecule has 194 valence electrons. The molecule has 1 rings (SSSR count). The van der Waals surface area contributed by atoms with Crippen molar-refractivity contribution in [2.75, 3.05) is 6.54 Å². The molecule has 0 saturated carbocycles. The lowest BCUT2D eigenvalue weighted by Crippen LogP contribution is -2.52. The van der Waals surface area contributed by atoms with Gasteiger partial charge in [0.2, 0.25) is 17.7 Å². The first-order valence-corrected chi connectivity index (χ1v) is 11.5. The highest BCUT2D eigenvalue weighted by Gasteiger charge is 2.26. The van der Waals surface area contributed by atoms with Gasteiger partial charge in [0.1, 0.15) is 18.2 Å². The Balaban J connectivity index is 2.54. The lowest BCUT2D eigenvalue weighted by atomic mass is 10.1. The molecule has 0 radical (unpaired) electrons. The molecule has 0 aliphatic rings. The Labute approximate surface area is 204 Å². The Bertz CT molecular complexity index is 860. The summed E-state index contributed by atoms with van der Waals surface area (Å²) in [5.41, 5.74) is 0.825. The molecule has 3 amide bonds. The van der Waals surface area contributed by atoms with Crippen LogP contribution in [0.2, 0.25) is 0 Å². The zero-order chi connectivity index (χ0) is 26.4. The molecule has 11 nitrogen and oxygen atoms in total. The Morgan fingerprint density at radius 3 is 2.14 bits per heavy atom. The van der Waals surface area contributed by atoms with Gasteiger partial charge in [-0.2, -0.15) is 0 Å². The van der Waals surface area contributed by atoms with Crippen molar-refractivity contribution in [1.29, 1.82) is 0 Å². The average Bonchev–Trinajstić information content (AvgIpc) is 2.81. The molecule has 0 aromatic heterocycles. The lowest BCUT2D eigenvalue weighted by Gasteiger charge is -2.21. The third-order valence-corrected chi connectivity index (χ3v) is 5.21. The van der Waals surface area contributed by atoms with E-state index >= 15 is 0 Å². The molecule has 0 fully saturated rings. The standard InChI is InChI=1S/C24H35N3O8/c1-15(22(33)16(2)28)26-23(34)18(27-20(30)11-12-21(31)32)10-6-7-13-25-24(35)19(29)14-17-8-4-3-5-9-17/h3-5,8-9,15-16,18-19,28-29H,6-7,10-14H2,1-2H3,(H,25,35)(H,26,34)(H,27,30)(H,31,32)/t15-,16-,18-,19-/m0/s1. The van der Waals surface area contributed by atoms with Crippen LogP contribution in [0.15, 0.2) is 30.3 Å². The van der Waals surface area contributed by atoms with Crippen molar-refractivity contribution in [2.24, 2.45) is 0 Å². The number of ketones is 1. The number of unbranched alkanes of at least 4 members (excludes halogenated alkanes) is 1. The molecule has 11 heteroatoms. The summed E-state index contributed by atoms with van der Waals surface area (Å²) in [4.78, 5) is 59.3. The van der Waals surface area contributed by atoms with Crippen LogP contribution in [0.5, 0.6) is 0 Å². The van der Waals surface area contributed by atoms with E-state index in [-0.39, 0.29) is 25.8 Å². The van der Waals surface area contributed by atoms with Gasteiger partial charge < -0.3 is 31.3 Å². The number of nitrogens with one attached hydrogen (secondary N) is 3. The fraction of sp³-hybridized carbons (Fsp3) is 0.542. The first kappa shape index (κ1) is 29.7. The maximum atomic E-state index is 12.6. The van der Waals surface area contributed by atoms with E-state index in [0.29, 0.717) is 12.8 Å². The summed E-state index contributed by atoms with van der Waals surface area (Å²) in [7, 11) is 0. The number of rotatable bonds is 16. The molecule has 0 saturated heterocycles. The third-order valence-electron chi connectivity index (χ3n) is 5.21. The predicted octanol–water partition coefficient (Wildman–Crippen LogP) is -0.319. The Morgan fingerprint density at radius 2 is 1.54 bits per heavy atom. The fourth-order valence-electron chi connectivity index (χ4n) is 3.24. The van der Waals surface area contributed by atoms with Crippen molar-refractivity contribution in [1.82, 2.24) is 16.0 Å². The number of hydrogen-bond acceptors (Lipinski definition) is 7. The number of carboxylic acids is 1. The molecule has 35 heavy (non-hydrogen) atoms. The summed E-state index contributed by atoms with van der Waals surface area (Å²) < 4.78 is 0. The van der Waals surface area contributed by atoms with Gasteiger partial charge in [0, 0.05) is 19.4 Å². The molecule has 0 heterocycles. The van der Waals surface area contributed by atoms with Crippen molar-refractivity contribution >= 4 is 29.5 Å². The summed E-state index contributed by atoms with van der Waals surface area (Å²) >= 11 is 0. The van der Waals surface area contributed by atoms with Crippen LogP contribution in [0.4, 0.5) is 0 Å². The normalized spacial score (nSPS) is 14.2. The van der Waals surface area contributed by atoms with Crippen molar-refractivity contribution in [3.05, 3.63) is 35.9 Å². The van der Waals surface area contributed by atoms with Gasteiger partial charge in [-0.25, -0.2) is 0 Å². The summed E-state index contributed by atoms with van der Waals surface area (Å²) in [6.45, 7) is 2.93. The second kappa shape index (κ2) is 15.6. The topological polar surface area (TPSA) is 182 Å². The Kier molecular flexibility index (Phi) is 13.2. The molecular weight excluding hydrogens is 458 g/mol. The third kappa shape index (κ3) is 12.1. The highest BCUT2D eigenvalue weighted by atomic mass is 16.4. The highest BCUT2D eigenvalue weighted by Crippen LogP contribution is 2.06. The number of hydrogen-bond donors (Lipinski definition) is 6. The van der Waals surface area contributed by atoms with Crippen LogP contribution in [-0.2, 0) is 30.4 Å². The molecule has 6 N–H and O–H groups in total. The van der Waals surface area contributed by atoms with Crippen LogP contribution < -0.4 is 16.0 Å². The number of aliphatic carboxylic acids is 1. The zero-order valence-electron chi connectivity index (χ0n) is 20.0. The number of carbonyl (C=O) groups is 5. The zero-order valence-corrected chi connectivity index (χ0v) is 20.0. The van der Waals surface area contributed by atoms with E-state index in [4.69, 9.17) is 5.11 Å². The smallest absolute Gasteiger partial charge is 0.303 e. The number of Topliss-reactive ketones (excluding diaryl/α,β-unsaturated/α-hetero) is 1. The molecule has 0 aliphatic carbocycles. The summed E-state index contributed by atoms with van der Waals surface area (Å²) in [6.07, 6.45) is -1.97. The minimum Gasteiger partial charge on any atom is -0.481 e. The Morgan fingerprint density at radius 1 is 0.886 bits per heavy atom. The monoisotopic (exact) mass is 493 g/mol. The average molecular weight is 494 g/mol. The van der Waals surface area contributed by atoms with Crippen LogP contribution in [0.1, 0.15) is 51.5 Å². The quantitative estimate of drug-likeness (QED) is 0.169. The van der Waals surface area contributed by atoms with Gasteiger partial charge in [-0.15, -0.1) is 0 Å². The molecule has 0 unspecified atom stereocenters. The van der Waals surface area contributed by atoms with E-state index in [1.165, 1.54) is 13.8 Å². The number of aliphatic hydroxyl groups excluding tert-OH is 2. The minimum absolute atomic E-state index is 0.169. The number of benzene rings is 1. The largest absolute Gasteiger partial charge is 0.481 e. The van der Waals surface area contributed by atoms with Gasteiger partial charge in [-0.05, 0) is 38.7 Å². The van der Waals surface area contributed by atoms with E-state index in [2.05, 4.69) is 16.0 Å². The maximum absolute atomic E-state index is 12.6. The molecule has 1 aromatic carbocycles. The van der Waals surface area contributed by atoms with Gasteiger partial charge in [0.05, 0.1) is 12.5 Å². The van der Waals surface area contributed by atoms with Crippen molar-refractivity contribution in [2.45, 2.75) is 76.7 Å². The summed E-state index contributed by atoms with van der Waals surface area (Å²) in [5.74, 6) is -3.53.